The van der Waals surface area contributed by atoms with Gasteiger partial charge in [-0.1, -0.05) is 34.8 Å². The summed E-state index contributed by atoms with van der Waals surface area (Å²) >= 11 is 1.90. The SMILES string of the molecule is O=C1c2cccc3c([N+](=O)[O-])ccc(c23)C(=O)N1c1nnc(SSc2nnc(N3C(=O)c4cccc5c([N+](=O)[O-])ccc(c45)C3=O)s2)s1. The first kappa shape index (κ1) is 29.7. The number of rotatable bonds is 7. The summed E-state index contributed by atoms with van der Waals surface area (Å²) in [6.45, 7) is 0. The Morgan fingerprint density at radius 3 is 1.29 bits per heavy atom. The zero-order chi connectivity index (χ0) is 33.4. The molecule has 0 aliphatic carbocycles. The molecule has 20 heteroatoms. The summed E-state index contributed by atoms with van der Waals surface area (Å²) in [6.07, 6.45) is 0. The van der Waals surface area contributed by atoms with Crippen molar-refractivity contribution in [3.05, 3.63) is 103 Å². The molecule has 0 N–H and O–H groups in total. The van der Waals surface area contributed by atoms with E-state index in [9.17, 15) is 39.4 Å². The van der Waals surface area contributed by atoms with Crippen LogP contribution in [0.1, 0.15) is 41.4 Å². The number of aromatic nitrogens is 4. The first-order valence-corrected chi connectivity index (χ1v) is 17.1. The Bertz CT molecular complexity index is 2280. The average Bonchev–Trinajstić information content (AvgIpc) is 3.74. The van der Waals surface area contributed by atoms with E-state index in [1.54, 1.807) is 0 Å². The second kappa shape index (κ2) is 10.9. The van der Waals surface area contributed by atoms with Crippen LogP contribution in [0.25, 0.3) is 21.5 Å². The molecule has 0 saturated carbocycles. The van der Waals surface area contributed by atoms with Crippen molar-refractivity contribution in [1.82, 2.24) is 20.4 Å². The third-order valence-corrected chi connectivity index (χ3v) is 12.3. The Balaban J connectivity index is 1.02. The van der Waals surface area contributed by atoms with E-state index in [0.29, 0.717) is 8.68 Å². The maximum Gasteiger partial charge on any atom is 0.277 e. The van der Waals surface area contributed by atoms with Gasteiger partial charge in [0.15, 0.2) is 8.68 Å². The van der Waals surface area contributed by atoms with Gasteiger partial charge in [0, 0.05) is 45.2 Å². The van der Waals surface area contributed by atoms with Crippen molar-refractivity contribution in [3.8, 4) is 0 Å². The van der Waals surface area contributed by atoms with Gasteiger partial charge < -0.3 is 0 Å². The lowest BCUT2D eigenvalue weighted by atomic mass is 9.93. The normalized spacial score (nSPS) is 14.0. The van der Waals surface area contributed by atoms with E-state index in [4.69, 9.17) is 0 Å². The summed E-state index contributed by atoms with van der Waals surface area (Å²) in [5.74, 6) is -2.79. The quantitative estimate of drug-likeness (QED) is 0.0618. The summed E-state index contributed by atoms with van der Waals surface area (Å²) in [5, 5.41) is 40.0. The van der Waals surface area contributed by atoms with E-state index >= 15 is 0 Å². The fraction of sp³-hybridized carbons (Fsp3) is 0. The van der Waals surface area contributed by atoms with Crippen LogP contribution in [0.4, 0.5) is 21.6 Å². The van der Waals surface area contributed by atoms with Crippen LogP contribution in [0.3, 0.4) is 0 Å². The molecule has 0 radical (unpaired) electrons. The van der Waals surface area contributed by atoms with Crippen LogP contribution in [-0.2, 0) is 0 Å². The average molecular weight is 715 g/mol. The molecule has 8 rings (SSSR count). The summed E-state index contributed by atoms with van der Waals surface area (Å²) in [5.41, 5.74) is 0.0154. The number of imide groups is 2. The maximum absolute atomic E-state index is 13.4. The van der Waals surface area contributed by atoms with E-state index in [2.05, 4.69) is 20.4 Å². The van der Waals surface area contributed by atoms with Gasteiger partial charge in [-0.2, -0.15) is 0 Å². The Hall–Kier alpha value is -5.70. The molecule has 2 aliphatic heterocycles. The molecule has 16 nitrogen and oxygen atoms in total. The third kappa shape index (κ3) is 4.37. The zero-order valence-electron chi connectivity index (χ0n) is 23.3. The molecule has 0 bridgehead atoms. The number of nitro groups is 2. The van der Waals surface area contributed by atoms with E-state index in [-0.39, 0.29) is 65.4 Å². The number of carbonyl (C=O) groups excluding carboxylic acids is 4. The predicted octanol–water partition coefficient (Wildman–Crippen LogP) is 5.91. The summed E-state index contributed by atoms with van der Waals surface area (Å²) in [4.78, 5) is 77.4. The van der Waals surface area contributed by atoms with Crippen molar-refractivity contribution in [2.24, 2.45) is 0 Å². The van der Waals surface area contributed by atoms with Crippen LogP contribution in [-0.4, -0.2) is 53.9 Å². The summed E-state index contributed by atoms with van der Waals surface area (Å²) in [6, 6.07) is 14.0. The number of anilines is 2. The Morgan fingerprint density at radius 2 is 0.917 bits per heavy atom. The minimum absolute atomic E-state index is 0.00959. The van der Waals surface area contributed by atoms with Crippen LogP contribution in [0.5, 0.6) is 0 Å². The summed E-state index contributed by atoms with van der Waals surface area (Å²) < 4.78 is 0.680. The number of non-ortho nitro benzene ring substituents is 2. The lowest BCUT2D eigenvalue weighted by Crippen LogP contribution is -2.40. The molecular formula is C28H10N8O8S4. The van der Waals surface area contributed by atoms with E-state index < -0.39 is 33.5 Å². The monoisotopic (exact) mass is 714 g/mol. The largest absolute Gasteiger partial charge is 0.277 e. The highest BCUT2D eigenvalue weighted by atomic mass is 33.1. The molecule has 0 atom stereocenters. The van der Waals surface area contributed by atoms with Crippen molar-refractivity contribution in [1.29, 1.82) is 0 Å². The van der Waals surface area contributed by atoms with Crippen LogP contribution in [0, 0.1) is 20.2 Å². The first-order chi connectivity index (χ1) is 23.1. The van der Waals surface area contributed by atoms with Gasteiger partial charge in [-0.05, 0) is 58.0 Å². The third-order valence-electron chi connectivity index (χ3n) is 7.52. The molecule has 0 unspecified atom stereocenters. The highest BCUT2D eigenvalue weighted by molar-refractivity contribution is 8.77. The van der Waals surface area contributed by atoms with Gasteiger partial charge in [-0.25, -0.2) is 9.80 Å². The number of amides is 4. The van der Waals surface area contributed by atoms with Crippen molar-refractivity contribution in [2.75, 3.05) is 9.80 Å². The molecule has 234 valence electrons. The number of nitrogens with zero attached hydrogens (tertiary/aromatic N) is 8. The smallest absolute Gasteiger partial charge is 0.268 e. The second-order valence-electron chi connectivity index (χ2n) is 9.99. The van der Waals surface area contributed by atoms with Gasteiger partial charge in [0.2, 0.25) is 10.3 Å². The molecule has 4 amide bonds. The topological polar surface area (TPSA) is 213 Å². The van der Waals surface area contributed by atoms with Crippen molar-refractivity contribution < 1.29 is 29.0 Å². The van der Waals surface area contributed by atoms with E-state index in [0.717, 1.165) is 54.1 Å². The first-order valence-electron chi connectivity index (χ1n) is 13.3. The molecule has 4 heterocycles. The van der Waals surface area contributed by atoms with Crippen molar-refractivity contribution >= 4 is 111 Å². The molecule has 4 aromatic carbocycles. The zero-order valence-corrected chi connectivity index (χ0v) is 26.5. The molecule has 0 saturated heterocycles. The Kier molecular flexibility index (Phi) is 6.77. The minimum Gasteiger partial charge on any atom is -0.268 e. The molecule has 0 fully saturated rings. The maximum atomic E-state index is 13.4. The molecule has 6 aromatic rings. The van der Waals surface area contributed by atoms with Gasteiger partial charge in [0.05, 0.1) is 20.6 Å². The highest BCUT2D eigenvalue weighted by Gasteiger charge is 2.39. The standard InChI is InChI=1S/C28H10N8O8S4/c37-21-13-5-1-3-11-17(35(41)42)9-7-15(19(11)13)23(39)33(21)25-29-31-27(45-25)47-48-28-32-30-26(46-28)34-22(38)14-6-2-4-12-18(36(43)44)10-8-16(20(12)14)24(34)40/h1-10H. The van der Waals surface area contributed by atoms with Gasteiger partial charge in [-0.15, -0.1) is 20.4 Å². The molecule has 48 heavy (non-hydrogen) atoms. The Morgan fingerprint density at radius 1 is 0.542 bits per heavy atom. The lowest BCUT2D eigenvalue weighted by Gasteiger charge is -2.24. The van der Waals surface area contributed by atoms with Crippen LogP contribution >= 0.6 is 44.3 Å². The molecule has 2 aliphatic rings. The van der Waals surface area contributed by atoms with Crippen LogP contribution < -0.4 is 9.80 Å². The van der Waals surface area contributed by atoms with Gasteiger partial charge in [-0.3, -0.25) is 39.4 Å². The number of benzene rings is 4. The molecular weight excluding hydrogens is 705 g/mol. The number of carbonyl (C=O) groups is 4. The van der Waals surface area contributed by atoms with Crippen LogP contribution in [0.2, 0.25) is 0 Å². The fourth-order valence-corrected chi connectivity index (χ4v) is 9.57. The van der Waals surface area contributed by atoms with E-state index in [1.807, 2.05) is 0 Å². The second-order valence-corrected chi connectivity index (χ2v) is 14.5. The Labute approximate surface area is 281 Å². The molecule has 2 aromatic heterocycles. The van der Waals surface area contributed by atoms with Gasteiger partial charge in [0.25, 0.3) is 35.0 Å². The minimum atomic E-state index is -0.699. The number of nitro benzene ring substituents is 2. The van der Waals surface area contributed by atoms with Gasteiger partial charge in [0.1, 0.15) is 0 Å². The fourth-order valence-electron chi connectivity index (χ4n) is 5.55. The van der Waals surface area contributed by atoms with Gasteiger partial charge >= 0.3 is 0 Å². The van der Waals surface area contributed by atoms with Crippen LogP contribution in [0.15, 0.2) is 69.3 Å². The summed E-state index contributed by atoms with van der Waals surface area (Å²) in [7, 11) is 2.18. The predicted molar refractivity (Wildman–Crippen MR) is 175 cm³/mol. The van der Waals surface area contributed by atoms with E-state index in [1.165, 1.54) is 60.7 Å². The lowest BCUT2D eigenvalue weighted by molar-refractivity contribution is -0.383. The number of hydrogen-bond donors (Lipinski definition) is 0. The number of hydrogen-bond acceptors (Lipinski definition) is 16. The highest BCUT2D eigenvalue weighted by Crippen LogP contribution is 2.45. The molecule has 0 spiro atoms. The van der Waals surface area contributed by atoms with Crippen molar-refractivity contribution in [3.63, 3.8) is 0 Å². The van der Waals surface area contributed by atoms with Crippen molar-refractivity contribution in [2.45, 2.75) is 8.68 Å².